The van der Waals surface area contributed by atoms with Crippen LogP contribution in [0.25, 0.3) is 0 Å². The fraction of sp³-hybridized carbons (Fsp3) is 0.333. The Morgan fingerprint density at radius 2 is 1.59 bits per heavy atom. The van der Waals surface area contributed by atoms with Crippen molar-refractivity contribution >= 4 is 39.1 Å². The van der Waals surface area contributed by atoms with E-state index in [1.165, 1.54) is 37.3 Å². The zero-order valence-electron chi connectivity index (χ0n) is 24.0. The molecule has 11 heteroatoms. The zero-order chi connectivity index (χ0) is 30.4. The van der Waals surface area contributed by atoms with Crippen LogP contribution in [0.1, 0.15) is 33.3 Å². The Balaban J connectivity index is 2.05. The molecule has 0 saturated heterocycles. The average molecular weight is 602 g/mol. The summed E-state index contributed by atoms with van der Waals surface area (Å²) in [4.78, 5) is 28.4. The predicted octanol–water partition coefficient (Wildman–Crippen LogP) is 4.88. The maximum Gasteiger partial charge on any atom is 0.264 e. The van der Waals surface area contributed by atoms with Crippen molar-refractivity contribution in [1.29, 1.82) is 0 Å². The molecule has 0 fully saturated rings. The molecule has 9 nitrogen and oxygen atoms in total. The van der Waals surface area contributed by atoms with Crippen molar-refractivity contribution in [3.8, 4) is 11.5 Å². The molecule has 0 aromatic heterocycles. The Bertz CT molecular complexity index is 1480. The first kappa shape index (κ1) is 31.8. The van der Waals surface area contributed by atoms with Gasteiger partial charge in [0.1, 0.15) is 12.6 Å². The number of amides is 2. The first-order valence-corrected chi connectivity index (χ1v) is 14.7. The van der Waals surface area contributed by atoms with Crippen LogP contribution in [0.5, 0.6) is 11.5 Å². The van der Waals surface area contributed by atoms with Gasteiger partial charge in [-0.1, -0.05) is 41.9 Å². The van der Waals surface area contributed by atoms with Crippen LogP contribution < -0.4 is 19.1 Å². The van der Waals surface area contributed by atoms with E-state index in [1.54, 1.807) is 61.5 Å². The van der Waals surface area contributed by atoms with E-state index in [-0.39, 0.29) is 28.8 Å². The van der Waals surface area contributed by atoms with Crippen LogP contribution in [0.2, 0.25) is 5.02 Å². The molecule has 0 aliphatic rings. The normalized spacial score (nSPS) is 12.3. The minimum atomic E-state index is -4.27. The summed E-state index contributed by atoms with van der Waals surface area (Å²) in [6.07, 6.45) is 0. The SMILES string of the molecule is COc1ccc(S(=O)(=O)N(CC(=O)N(Cc2cccc(Cl)c2)C(C)C(=O)NC(C)(C)C)c2ccccc2)cc1OC. The van der Waals surface area contributed by atoms with E-state index >= 15 is 0 Å². The first-order chi connectivity index (χ1) is 19.3. The third kappa shape index (κ3) is 8.14. The Morgan fingerprint density at radius 3 is 2.17 bits per heavy atom. The van der Waals surface area contributed by atoms with Crippen molar-refractivity contribution < 1.29 is 27.5 Å². The monoisotopic (exact) mass is 601 g/mol. The van der Waals surface area contributed by atoms with Gasteiger partial charge in [0.25, 0.3) is 10.0 Å². The number of hydrogen-bond donors (Lipinski definition) is 1. The van der Waals surface area contributed by atoms with Crippen LogP contribution in [0, 0.1) is 0 Å². The largest absolute Gasteiger partial charge is 0.493 e. The number of methoxy groups -OCH3 is 2. The topological polar surface area (TPSA) is 105 Å². The van der Waals surface area contributed by atoms with Gasteiger partial charge in [0.2, 0.25) is 11.8 Å². The quantitative estimate of drug-likeness (QED) is 0.336. The molecule has 0 aliphatic carbocycles. The summed E-state index contributed by atoms with van der Waals surface area (Å²) in [5.74, 6) is -0.362. The van der Waals surface area contributed by atoms with Crippen molar-refractivity contribution in [2.45, 2.75) is 50.7 Å². The lowest BCUT2D eigenvalue weighted by molar-refractivity contribution is -0.140. The van der Waals surface area contributed by atoms with Crippen molar-refractivity contribution in [3.05, 3.63) is 83.4 Å². The van der Waals surface area contributed by atoms with E-state index < -0.39 is 34.1 Å². The molecule has 0 bridgehead atoms. The molecule has 3 rings (SSSR count). The smallest absolute Gasteiger partial charge is 0.264 e. The lowest BCUT2D eigenvalue weighted by atomic mass is 10.1. The summed E-state index contributed by atoms with van der Waals surface area (Å²) in [5.41, 5.74) is 0.434. The minimum absolute atomic E-state index is 0.0388. The van der Waals surface area contributed by atoms with E-state index in [9.17, 15) is 18.0 Å². The zero-order valence-corrected chi connectivity index (χ0v) is 25.6. The Morgan fingerprint density at radius 1 is 0.927 bits per heavy atom. The van der Waals surface area contributed by atoms with Crippen LogP contribution in [0.3, 0.4) is 0 Å². The van der Waals surface area contributed by atoms with E-state index in [2.05, 4.69) is 5.32 Å². The van der Waals surface area contributed by atoms with Crippen LogP contribution in [-0.2, 0) is 26.2 Å². The molecule has 0 spiro atoms. The molecule has 1 N–H and O–H groups in total. The van der Waals surface area contributed by atoms with E-state index in [1.807, 2.05) is 20.8 Å². The van der Waals surface area contributed by atoms with Crippen LogP contribution in [0.4, 0.5) is 5.69 Å². The molecule has 0 radical (unpaired) electrons. The maximum atomic E-state index is 14.0. The van der Waals surface area contributed by atoms with Gasteiger partial charge < -0.3 is 19.7 Å². The molecule has 3 aromatic carbocycles. The molecule has 1 unspecified atom stereocenters. The number of anilines is 1. The van der Waals surface area contributed by atoms with Crippen molar-refractivity contribution in [2.75, 3.05) is 25.1 Å². The number of halogens is 1. The number of para-hydroxylation sites is 1. The highest BCUT2D eigenvalue weighted by Crippen LogP contribution is 2.32. The first-order valence-electron chi connectivity index (χ1n) is 12.9. The van der Waals surface area contributed by atoms with E-state index in [4.69, 9.17) is 21.1 Å². The highest BCUT2D eigenvalue weighted by molar-refractivity contribution is 7.92. The molecule has 3 aromatic rings. The van der Waals surface area contributed by atoms with Crippen molar-refractivity contribution in [1.82, 2.24) is 10.2 Å². The minimum Gasteiger partial charge on any atom is -0.493 e. The molecule has 1 atom stereocenters. The van der Waals surface area contributed by atoms with E-state index in [0.717, 1.165) is 4.31 Å². The summed E-state index contributed by atoms with van der Waals surface area (Å²) in [5, 5.41) is 3.38. The number of nitrogens with zero attached hydrogens (tertiary/aromatic N) is 2. The summed E-state index contributed by atoms with van der Waals surface area (Å²) in [7, 11) is -1.41. The van der Waals surface area contributed by atoms with Gasteiger partial charge in [-0.15, -0.1) is 0 Å². The molecule has 2 amide bonds. The Hall–Kier alpha value is -3.76. The lowest BCUT2D eigenvalue weighted by Gasteiger charge is -2.33. The second-order valence-electron chi connectivity index (χ2n) is 10.4. The fourth-order valence-corrected chi connectivity index (χ4v) is 5.76. The van der Waals surface area contributed by atoms with Crippen LogP contribution in [-0.4, -0.2) is 57.5 Å². The van der Waals surface area contributed by atoms with Gasteiger partial charge >= 0.3 is 0 Å². The number of carbonyl (C=O) groups is 2. The fourth-order valence-electron chi connectivity index (χ4n) is 4.12. The molecule has 0 saturated carbocycles. The molecule has 41 heavy (non-hydrogen) atoms. The standard InChI is InChI=1S/C30H36ClN3O6S/c1-21(29(36)32-30(2,3)4)33(19-22-11-10-12-23(31)17-22)28(35)20-34(24-13-8-7-9-14-24)41(37,38)25-15-16-26(39-5)27(18-25)40-6/h7-18,21H,19-20H2,1-6H3,(H,32,36). The molecular weight excluding hydrogens is 566 g/mol. The summed E-state index contributed by atoms with van der Waals surface area (Å²) in [6, 6.07) is 18.6. The third-order valence-electron chi connectivity index (χ3n) is 6.17. The number of sulfonamides is 1. The Kier molecular flexibility index (Phi) is 10.3. The van der Waals surface area contributed by atoms with Gasteiger partial charge in [0.15, 0.2) is 11.5 Å². The van der Waals surface area contributed by atoms with Crippen LogP contribution >= 0.6 is 11.6 Å². The van der Waals surface area contributed by atoms with Gasteiger partial charge in [0.05, 0.1) is 24.8 Å². The number of carbonyl (C=O) groups excluding carboxylic acids is 2. The van der Waals surface area contributed by atoms with Gasteiger partial charge in [-0.05, 0) is 69.7 Å². The predicted molar refractivity (Wildman–Crippen MR) is 160 cm³/mol. The summed E-state index contributed by atoms with van der Waals surface area (Å²) in [6.45, 7) is 6.61. The average Bonchev–Trinajstić information content (AvgIpc) is 2.93. The summed E-state index contributed by atoms with van der Waals surface area (Å²) < 4.78 is 39.6. The van der Waals surface area contributed by atoms with Gasteiger partial charge in [-0.2, -0.15) is 0 Å². The molecular formula is C30H36ClN3O6S. The summed E-state index contributed by atoms with van der Waals surface area (Å²) >= 11 is 6.19. The lowest BCUT2D eigenvalue weighted by Crippen LogP contribution is -2.54. The number of benzene rings is 3. The van der Waals surface area contributed by atoms with Crippen molar-refractivity contribution in [2.24, 2.45) is 0 Å². The highest BCUT2D eigenvalue weighted by Gasteiger charge is 2.33. The van der Waals surface area contributed by atoms with E-state index in [0.29, 0.717) is 16.3 Å². The van der Waals surface area contributed by atoms with Crippen LogP contribution in [0.15, 0.2) is 77.7 Å². The van der Waals surface area contributed by atoms with Gasteiger partial charge in [-0.25, -0.2) is 8.42 Å². The molecule has 0 heterocycles. The molecule has 0 aliphatic heterocycles. The second-order valence-corrected chi connectivity index (χ2v) is 12.7. The third-order valence-corrected chi connectivity index (χ3v) is 8.18. The molecule has 220 valence electrons. The number of rotatable bonds is 11. The van der Waals surface area contributed by atoms with Gasteiger partial charge in [0, 0.05) is 23.2 Å². The number of ether oxygens (including phenoxy) is 2. The second kappa shape index (κ2) is 13.3. The number of nitrogens with one attached hydrogen (secondary N) is 1. The maximum absolute atomic E-state index is 14.0. The Labute approximate surface area is 247 Å². The highest BCUT2D eigenvalue weighted by atomic mass is 35.5. The number of hydrogen-bond acceptors (Lipinski definition) is 6. The van der Waals surface area contributed by atoms with Gasteiger partial charge in [-0.3, -0.25) is 13.9 Å². The van der Waals surface area contributed by atoms with Crippen molar-refractivity contribution in [3.63, 3.8) is 0 Å².